The minimum absolute atomic E-state index is 0.0273. The fourth-order valence-electron chi connectivity index (χ4n) is 2.65. The maximum absolute atomic E-state index is 12.6. The number of benzene rings is 3. The Balaban J connectivity index is 1.85. The predicted molar refractivity (Wildman–Crippen MR) is 112 cm³/mol. The number of aryl methyl sites for hydroxylation is 1. The first-order chi connectivity index (χ1) is 12.3. The summed E-state index contributed by atoms with van der Waals surface area (Å²) >= 11 is 15.4. The standard InChI is InChI=1S/C20H15BrCl2O2S/c21-20-7-6-15(14-4-2-1-3-5-14)10-16(20)8-9-26(24,25)19-12-17(22)11-18(23)13-19/h1-7,10-13H,8-9H2. The van der Waals surface area contributed by atoms with Crippen LogP contribution in [0.15, 0.2) is 76.1 Å². The average molecular weight is 470 g/mol. The summed E-state index contributed by atoms with van der Waals surface area (Å²) in [7, 11) is -3.49. The Bertz CT molecular complexity index is 1010. The predicted octanol–water partition coefficient (Wildman–Crippen LogP) is 6.44. The highest BCUT2D eigenvalue weighted by Gasteiger charge is 2.17. The summed E-state index contributed by atoms with van der Waals surface area (Å²) in [5.74, 6) is -0.0273. The van der Waals surface area contributed by atoms with E-state index in [-0.39, 0.29) is 10.6 Å². The molecule has 6 heteroatoms. The summed E-state index contributed by atoms with van der Waals surface area (Å²) in [5.41, 5.74) is 3.07. The number of sulfone groups is 1. The summed E-state index contributed by atoms with van der Waals surface area (Å²) < 4.78 is 26.2. The Morgan fingerprint density at radius 2 is 1.46 bits per heavy atom. The first kappa shape index (κ1) is 19.4. The zero-order chi connectivity index (χ0) is 18.7. The van der Waals surface area contributed by atoms with Crippen LogP contribution in [0.4, 0.5) is 0 Å². The monoisotopic (exact) mass is 468 g/mol. The number of rotatable bonds is 5. The van der Waals surface area contributed by atoms with E-state index in [1.807, 2.05) is 48.5 Å². The number of halogens is 3. The summed E-state index contributed by atoms with van der Waals surface area (Å²) in [6.07, 6.45) is 0.383. The molecule has 0 amide bonds. The lowest BCUT2D eigenvalue weighted by Crippen LogP contribution is -2.09. The second-order valence-corrected chi connectivity index (χ2v) is 9.68. The van der Waals surface area contributed by atoms with Crippen LogP contribution in [-0.4, -0.2) is 14.2 Å². The van der Waals surface area contributed by atoms with Gasteiger partial charge in [0.25, 0.3) is 0 Å². The zero-order valence-electron chi connectivity index (χ0n) is 13.6. The smallest absolute Gasteiger partial charge is 0.178 e. The molecule has 26 heavy (non-hydrogen) atoms. The third-order valence-corrected chi connectivity index (χ3v) is 6.89. The van der Waals surface area contributed by atoms with Gasteiger partial charge in [0, 0.05) is 14.5 Å². The average Bonchev–Trinajstić information content (AvgIpc) is 2.61. The summed E-state index contributed by atoms with van der Waals surface area (Å²) in [6.45, 7) is 0. The van der Waals surface area contributed by atoms with Gasteiger partial charge in [0.1, 0.15) is 0 Å². The van der Waals surface area contributed by atoms with Crippen LogP contribution >= 0.6 is 39.1 Å². The minimum atomic E-state index is -3.49. The second-order valence-electron chi connectivity index (χ2n) is 5.85. The zero-order valence-corrected chi connectivity index (χ0v) is 17.5. The van der Waals surface area contributed by atoms with Crippen LogP contribution in [-0.2, 0) is 16.3 Å². The van der Waals surface area contributed by atoms with E-state index in [0.29, 0.717) is 16.5 Å². The number of hydrogen-bond donors (Lipinski definition) is 0. The van der Waals surface area contributed by atoms with E-state index in [1.165, 1.54) is 18.2 Å². The van der Waals surface area contributed by atoms with E-state index in [0.717, 1.165) is 21.2 Å². The lowest BCUT2D eigenvalue weighted by molar-refractivity contribution is 0.595. The summed E-state index contributed by atoms with van der Waals surface area (Å²) in [5, 5.41) is 0.617. The van der Waals surface area contributed by atoms with Crippen LogP contribution in [0.3, 0.4) is 0 Å². The van der Waals surface area contributed by atoms with Gasteiger partial charge in [-0.25, -0.2) is 8.42 Å². The van der Waals surface area contributed by atoms with Gasteiger partial charge in [-0.15, -0.1) is 0 Å². The highest BCUT2D eigenvalue weighted by atomic mass is 79.9. The van der Waals surface area contributed by atoms with Crippen molar-refractivity contribution in [3.8, 4) is 11.1 Å². The third-order valence-electron chi connectivity index (χ3n) is 3.99. The molecule has 0 aromatic heterocycles. The highest BCUT2D eigenvalue weighted by Crippen LogP contribution is 2.28. The molecule has 0 aliphatic heterocycles. The molecule has 0 aliphatic rings. The molecule has 134 valence electrons. The van der Waals surface area contributed by atoms with Crippen LogP contribution in [0.5, 0.6) is 0 Å². The molecule has 0 bridgehead atoms. The fourth-order valence-corrected chi connectivity index (χ4v) is 5.08. The van der Waals surface area contributed by atoms with Gasteiger partial charge in [0.05, 0.1) is 10.6 Å². The molecule has 0 atom stereocenters. The first-order valence-electron chi connectivity index (χ1n) is 7.88. The van der Waals surface area contributed by atoms with Crippen LogP contribution in [0.2, 0.25) is 10.0 Å². The molecule has 3 aromatic carbocycles. The topological polar surface area (TPSA) is 34.1 Å². The van der Waals surface area contributed by atoms with Gasteiger partial charge >= 0.3 is 0 Å². The molecule has 0 unspecified atom stereocenters. The molecule has 0 aliphatic carbocycles. The maximum Gasteiger partial charge on any atom is 0.178 e. The van der Waals surface area contributed by atoms with Gasteiger partial charge < -0.3 is 0 Å². The molecule has 0 spiro atoms. The molecule has 3 aromatic rings. The van der Waals surface area contributed by atoms with Crippen molar-refractivity contribution in [3.63, 3.8) is 0 Å². The van der Waals surface area contributed by atoms with Crippen molar-refractivity contribution in [3.05, 3.63) is 86.8 Å². The molecule has 3 rings (SSSR count). The third kappa shape index (κ3) is 4.68. The van der Waals surface area contributed by atoms with Gasteiger partial charge in [-0.2, -0.15) is 0 Å². The van der Waals surface area contributed by atoms with E-state index >= 15 is 0 Å². The molecule has 2 nitrogen and oxygen atoms in total. The molecular weight excluding hydrogens is 455 g/mol. The largest absolute Gasteiger partial charge is 0.224 e. The minimum Gasteiger partial charge on any atom is -0.224 e. The normalized spacial score (nSPS) is 11.5. The van der Waals surface area contributed by atoms with Gasteiger partial charge in [-0.1, -0.05) is 81.6 Å². The molecule has 0 fully saturated rings. The molecule has 0 saturated heterocycles. The first-order valence-corrected chi connectivity index (χ1v) is 11.1. The van der Waals surface area contributed by atoms with Crippen LogP contribution in [0.1, 0.15) is 5.56 Å². The molecule has 0 saturated carbocycles. The molecule has 0 radical (unpaired) electrons. The quantitative estimate of drug-likeness (QED) is 0.430. The van der Waals surface area contributed by atoms with Crippen molar-refractivity contribution in [1.29, 1.82) is 0 Å². The van der Waals surface area contributed by atoms with Crippen molar-refractivity contribution in [2.75, 3.05) is 5.75 Å². The Labute approximate surface area is 171 Å². The van der Waals surface area contributed by atoms with Gasteiger partial charge in [-0.05, 0) is 47.4 Å². The maximum atomic E-state index is 12.6. The van der Waals surface area contributed by atoms with Gasteiger partial charge in [-0.3, -0.25) is 0 Å². The Kier molecular flexibility index (Phi) is 6.08. The van der Waals surface area contributed by atoms with Crippen LogP contribution < -0.4 is 0 Å². The highest BCUT2D eigenvalue weighted by molar-refractivity contribution is 9.10. The van der Waals surface area contributed by atoms with Gasteiger partial charge in [0.15, 0.2) is 9.84 Å². The molecule has 0 heterocycles. The summed E-state index contributed by atoms with van der Waals surface area (Å²) in [4.78, 5) is 0.144. The van der Waals surface area contributed by atoms with Crippen molar-refractivity contribution in [2.45, 2.75) is 11.3 Å². The van der Waals surface area contributed by atoms with E-state index in [4.69, 9.17) is 23.2 Å². The van der Waals surface area contributed by atoms with Crippen molar-refractivity contribution in [2.24, 2.45) is 0 Å². The van der Waals surface area contributed by atoms with E-state index in [9.17, 15) is 8.42 Å². The van der Waals surface area contributed by atoms with Gasteiger partial charge in [0.2, 0.25) is 0 Å². The van der Waals surface area contributed by atoms with E-state index < -0.39 is 9.84 Å². The SMILES string of the molecule is O=S(=O)(CCc1cc(-c2ccccc2)ccc1Br)c1cc(Cl)cc(Cl)c1. The van der Waals surface area contributed by atoms with Crippen molar-refractivity contribution in [1.82, 2.24) is 0 Å². The van der Waals surface area contributed by atoms with Crippen molar-refractivity contribution < 1.29 is 8.42 Å². The molecular formula is C20H15BrCl2O2S. The number of hydrogen-bond acceptors (Lipinski definition) is 2. The Morgan fingerprint density at radius 1 is 0.808 bits per heavy atom. The van der Waals surface area contributed by atoms with Crippen LogP contribution in [0.25, 0.3) is 11.1 Å². The van der Waals surface area contributed by atoms with Crippen LogP contribution in [0, 0.1) is 0 Å². The fraction of sp³-hybridized carbons (Fsp3) is 0.100. The van der Waals surface area contributed by atoms with E-state index in [1.54, 1.807) is 0 Å². The molecule has 0 N–H and O–H groups in total. The van der Waals surface area contributed by atoms with Crippen molar-refractivity contribution >= 4 is 49.0 Å². The Hall–Kier alpha value is -1.33. The second kappa shape index (κ2) is 8.13. The summed E-state index contributed by atoms with van der Waals surface area (Å²) in [6, 6.07) is 20.3. The Morgan fingerprint density at radius 3 is 2.12 bits per heavy atom. The lowest BCUT2D eigenvalue weighted by atomic mass is 10.0. The van der Waals surface area contributed by atoms with E-state index in [2.05, 4.69) is 15.9 Å². The lowest BCUT2D eigenvalue weighted by Gasteiger charge is -2.10.